The number of fused-ring (bicyclic) bond motifs is 2. The fourth-order valence-electron chi connectivity index (χ4n) is 9.70. The van der Waals surface area contributed by atoms with E-state index < -0.39 is 53.3 Å². The Morgan fingerprint density at radius 1 is 0.859 bits per heavy atom. The molecule has 3 fully saturated rings. The zero-order valence-corrected chi connectivity index (χ0v) is 40.4. The minimum Gasteiger partial charge on any atom is -0.508 e. The van der Waals surface area contributed by atoms with E-state index >= 15 is 0 Å². The predicted molar refractivity (Wildman–Crippen MR) is 258 cm³/mol. The van der Waals surface area contributed by atoms with E-state index in [2.05, 4.69) is 25.4 Å². The van der Waals surface area contributed by atoms with Crippen molar-refractivity contribution in [2.24, 2.45) is 0 Å². The Hall–Kier alpha value is -6.30. The molecule has 4 aromatic rings. The smallest absolute Gasteiger partial charge is 0.263 e. The van der Waals surface area contributed by atoms with Gasteiger partial charge in [0.05, 0.1) is 44.2 Å². The third-order valence-electron chi connectivity index (χ3n) is 13.3. The number of anilines is 2. The van der Waals surface area contributed by atoms with Crippen molar-refractivity contribution in [2.75, 3.05) is 94.9 Å². The summed E-state index contributed by atoms with van der Waals surface area (Å²) in [5, 5.41) is 17.6. The summed E-state index contributed by atoms with van der Waals surface area (Å²) < 4.78 is 31.4. The molecule has 9 rings (SSSR count). The van der Waals surface area contributed by atoms with Gasteiger partial charge >= 0.3 is 0 Å². The second-order valence-electron chi connectivity index (χ2n) is 17.6. The molecule has 0 radical (unpaired) electrons. The van der Waals surface area contributed by atoms with Crippen LogP contribution < -0.4 is 15.5 Å². The molecule has 71 heavy (non-hydrogen) atoms. The van der Waals surface area contributed by atoms with Gasteiger partial charge in [-0.3, -0.25) is 54.0 Å². The molecule has 3 N–H and O–H groups in total. The number of phenols is 1. The summed E-state index contributed by atoms with van der Waals surface area (Å²) in [4.78, 5) is 105. The highest BCUT2D eigenvalue weighted by Gasteiger charge is 2.46. The van der Waals surface area contributed by atoms with Gasteiger partial charge in [0, 0.05) is 97.3 Å². The van der Waals surface area contributed by atoms with Gasteiger partial charge in [0.25, 0.3) is 23.6 Å². The number of phenolic OH excluding ortho intramolecular Hbond substituents is 1. The number of rotatable bonds is 19. The number of hydrogen-bond donors (Lipinski definition) is 3. The highest BCUT2D eigenvalue weighted by molar-refractivity contribution is 7.99. The van der Waals surface area contributed by atoms with E-state index in [1.54, 1.807) is 23.6 Å². The lowest BCUT2D eigenvalue weighted by atomic mass is 10.0. The zero-order chi connectivity index (χ0) is 49.6. The first-order chi connectivity index (χ1) is 34.4. The summed E-state index contributed by atoms with van der Waals surface area (Å²) in [6.07, 6.45) is 3.50. The predicted octanol–water partition coefficient (Wildman–Crippen LogP) is 3.68. The van der Waals surface area contributed by atoms with E-state index in [9.17, 15) is 43.1 Å². The molecule has 2 atom stereocenters. The molecule has 22 heteroatoms. The van der Waals surface area contributed by atoms with Gasteiger partial charge in [-0.25, -0.2) is 9.37 Å². The summed E-state index contributed by atoms with van der Waals surface area (Å²) in [7, 11) is 0. The number of imide groups is 2. The molecule has 7 amide bonds. The number of hydrogen-bond acceptors (Lipinski definition) is 16. The minimum absolute atomic E-state index is 0.0197. The number of halogens is 1. The first-order valence-electron chi connectivity index (χ1n) is 23.5. The van der Waals surface area contributed by atoms with Gasteiger partial charge in [-0.05, 0) is 67.3 Å². The number of ether oxygens (including phenoxy) is 3. The van der Waals surface area contributed by atoms with Crippen LogP contribution in [0.1, 0.15) is 73.9 Å². The molecule has 0 spiro atoms. The molecule has 6 heterocycles. The number of nitrogens with zero attached hydrogens (tertiary/aromatic N) is 6. The maximum absolute atomic E-state index is 14.4. The largest absolute Gasteiger partial charge is 0.508 e. The van der Waals surface area contributed by atoms with Crippen LogP contribution in [-0.2, 0) is 39.9 Å². The molecule has 0 saturated carbocycles. The lowest BCUT2D eigenvalue weighted by molar-refractivity contribution is -0.139. The highest BCUT2D eigenvalue weighted by Crippen LogP contribution is 2.39. The molecule has 5 aliphatic heterocycles. The topological polar surface area (TPSA) is 221 Å². The third kappa shape index (κ3) is 11.1. The molecule has 19 nitrogen and oxygen atoms in total. The molecule has 3 aromatic carbocycles. The van der Waals surface area contributed by atoms with Gasteiger partial charge in [0.2, 0.25) is 17.7 Å². The Morgan fingerprint density at radius 2 is 1.62 bits per heavy atom. The standard InChI is InChI=1S/C49H53FN8O11S2/c50-31-5-8-38(59)36(26-31)43(45(63)53-49-51-12-24-71-49)57-28-30-4-6-33(27-35(30)46(57)64)54-13-10-32(11-14-54)55-15-17-56(18-16-55)41(61)29-69-22-21-67-19-20-68-23-25-70-39-3-1-2-34-42(39)48(66)58(47(34)65)37-7-9-40(60)52-44(37)62/h1-6,8,12,24,26-27,32,37,43,59H,7,9-11,13-23,25,28-29H2,(H,51,53,63)(H,52,60,62). The second-order valence-corrected chi connectivity index (χ2v) is 19.6. The number of thiazole rings is 1. The number of piperidine rings is 2. The normalized spacial score (nSPS) is 19.1. The van der Waals surface area contributed by atoms with Gasteiger partial charge in [-0.15, -0.1) is 23.1 Å². The molecule has 3 saturated heterocycles. The number of benzene rings is 3. The Balaban J connectivity index is 0.643. The van der Waals surface area contributed by atoms with Crippen molar-refractivity contribution in [1.29, 1.82) is 0 Å². The Kier molecular flexibility index (Phi) is 15.7. The van der Waals surface area contributed by atoms with Crippen molar-refractivity contribution >= 4 is 75.3 Å². The first kappa shape index (κ1) is 49.7. The van der Waals surface area contributed by atoms with Crippen molar-refractivity contribution in [1.82, 2.24) is 29.9 Å². The van der Waals surface area contributed by atoms with Crippen LogP contribution in [0, 0.1) is 5.82 Å². The summed E-state index contributed by atoms with van der Waals surface area (Å²) in [6.45, 7) is 5.92. The van der Waals surface area contributed by atoms with E-state index in [4.69, 9.17) is 14.2 Å². The number of thioether (sulfide) groups is 1. The van der Waals surface area contributed by atoms with Crippen molar-refractivity contribution in [3.8, 4) is 5.75 Å². The van der Waals surface area contributed by atoms with Crippen molar-refractivity contribution in [2.45, 2.75) is 55.2 Å². The summed E-state index contributed by atoms with van der Waals surface area (Å²) in [5.41, 5.74) is 2.55. The maximum atomic E-state index is 14.4. The fraction of sp³-hybridized carbons (Fsp3) is 0.429. The number of nitrogens with one attached hydrogen (secondary N) is 2. The molecule has 1 aromatic heterocycles. The fourth-order valence-corrected chi connectivity index (χ4v) is 11.2. The number of amides is 7. The van der Waals surface area contributed by atoms with Crippen LogP contribution in [-0.4, -0.2) is 168 Å². The summed E-state index contributed by atoms with van der Waals surface area (Å²) in [6, 6.07) is 12.1. The van der Waals surface area contributed by atoms with E-state index in [-0.39, 0.29) is 60.9 Å². The zero-order valence-electron chi connectivity index (χ0n) is 38.7. The van der Waals surface area contributed by atoms with E-state index in [1.165, 1.54) is 40.3 Å². The molecule has 0 aliphatic carbocycles. The van der Waals surface area contributed by atoms with Crippen molar-refractivity contribution in [3.63, 3.8) is 0 Å². The minimum atomic E-state index is -1.30. The lowest BCUT2D eigenvalue weighted by Gasteiger charge is -2.43. The quantitative estimate of drug-likeness (QED) is 0.0693. The average molecular weight is 1010 g/mol. The summed E-state index contributed by atoms with van der Waals surface area (Å²) >= 11 is 2.57. The molecular formula is C49H53FN8O11S2. The van der Waals surface area contributed by atoms with Crippen LogP contribution in [0.4, 0.5) is 15.2 Å². The Bertz CT molecular complexity index is 2680. The van der Waals surface area contributed by atoms with Gasteiger partial charge in [0.1, 0.15) is 30.3 Å². The molecule has 374 valence electrons. The molecule has 0 bridgehead atoms. The highest BCUT2D eigenvalue weighted by atomic mass is 32.2. The maximum Gasteiger partial charge on any atom is 0.263 e. The van der Waals surface area contributed by atoms with Gasteiger partial charge in [-0.2, -0.15) is 0 Å². The van der Waals surface area contributed by atoms with Gasteiger partial charge < -0.3 is 34.0 Å². The van der Waals surface area contributed by atoms with Gasteiger partial charge in [-0.1, -0.05) is 12.1 Å². The monoisotopic (exact) mass is 1010 g/mol. The third-order valence-corrected chi connectivity index (χ3v) is 15.0. The van der Waals surface area contributed by atoms with Crippen LogP contribution in [0.5, 0.6) is 5.75 Å². The SMILES string of the molecule is O=C1CCC(N2C(=O)c3cccc(SCCOCCOCCOCC(=O)N4CCN(C5CCN(c6ccc7c(c6)C(=O)N(C(C(=O)Nc6nccs6)c6cc(F)ccc6O)C7)CC5)CC4)c3C2=O)C(=O)N1. The number of piperazine rings is 1. The van der Waals surface area contributed by atoms with Crippen LogP contribution in [0.3, 0.4) is 0 Å². The first-order valence-corrected chi connectivity index (χ1v) is 25.4. The number of carbonyl (C=O) groups is 7. The number of aromatic nitrogens is 1. The number of carbonyl (C=O) groups excluding carboxylic acids is 7. The van der Waals surface area contributed by atoms with Crippen molar-refractivity contribution in [3.05, 3.63) is 99.8 Å². The molecule has 2 unspecified atom stereocenters. The van der Waals surface area contributed by atoms with Crippen molar-refractivity contribution < 1.29 is 57.3 Å². The van der Waals surface area contributed by atoms with E-state index in [0.717, 1.165) is 67.3 Å². The number of aromatic hydroxyl groups is 1. The Labute approximate surface area is 416 Å². The molecule has 5 aliphatic rings. The van der Waals surface area contributed by atoms with E-state index in [1.807, 2.05) is 23.1 Å². The Morgan fingerprint density at radius 3 is 2.37 bits per heavy atom. The second kappa shape index (κ2) is 22.4. The van der Waals surface area contributed by atoms with E-state index in [0.29, 0.717) is 66.9 Å². The van der Waals surface area contributed by atoms with Crippen LogP contribution >= 0.6 is 23.1 Å². The van der Waals surface area contributed by atoms with Crippen LogP contribution in [0.15, 0.2) is 71.1 Å². The van der Waals surface area contributed by atoms with Gasteiger partial charge in [0.15, 0.2) is 5.13 Å². The summed E-state index contributed by atoms with van der Waals surface area (Å²) in [5.74, 6) is -3.68. The molecular weight excluding hydrogens is 960 g/mol. The van der Waals surface area contributed by atoms with Crippen LogP contribution in [0.25, 0.3) is 0 Å². The lowest BCUT2D eigenvalue weighted by Crippen LogP contribution is -2.54. The average Bonchev–Trinajstić information content (AvgIpc) is 4.07. The van der Waals surface area contributed by atoms with Crippen LogP contribution in [0.2, 0.25) is 0 Å².